The highest BCUT2D eigenvalue weighted by Crippen LogP contribution is 2.03. The number of carboxylic acid groups (broad SMARTS) is 1. The zero-order valence-corrected chi connectivity index (χ0v) is 11.8. The van der Waals surface area contributed by atoms with Gasteiger partial charge in [0.25, 0.3) is 0 Å². The number of aromatic carboxylic acids is 1. The maximum Gasteiger partial charge on any atom is 0.356 e. The zero-order valence-electron chi connectivity index (χ0n) is 11.8. The summed E-state index contributed by atoms with van der Waals surface area (Å²) in [5, 5.41) is 11.9. The lowest BCUT2D eigenvalue weighted by Crippen LogP contribution is -2.27. The van der Waals surface area contributed by atoms with Crippen molar-refractivity contribution in [1.29, 1.82) is 0 Å². The molecule has 0 bridgehead atoms. The lowest BCUT2D eigenvalue weighted by Gasteiger charge is -2.20. The van der Waals surface area contributed by atoms with Crippen molar-refractivity contribution in [3.8, 4) is 0 Å². The molecule has 0 atom stereocenters. The fraction of sp³-hybridized carbons (Fsp3) is 0.615. The number of rotatable bonds is 8. The van der Waals surface area contributed by atoms with Crippen molar-refractivity contribution >= 4 is 11.8 Å². The fourth-order valence-electron chi connectivity index (χ4n) is 1.52. The van der Waals surface area contributed by atoms with Gasteiger partial charge in [0.15, 0.2) is 5.69 Å². The molecule has 1 aromatic rings. The molecule has 0 fully saturated rings. The molecule has 0 saturated heterocycles. The number of nitrogens with one attached hydrogen (secondary N) is 1. The normalized spacial score (nSPS) is 11.0. The van der Waals surface area contributed by atoms with Gasteiger partial charge in [0.2, 0.25) is 0 Å². The van der Waals surface area contributed by atoms with Crippen LogP contribution in [0, 0.1) is 0 Å². The van der Waals surface area contributed by atoms with Gasteiger partial charge in [-0.25, -0.2) is 9.78 Å². The third-order valence-corrected chi connectivity index (χ3v) is 2.98. The molecule has 2 N–H and O–H groups in total. The maximum atomic E-state index is 10.7. The molecule has 1 rings (SSSR count). The van der Waals surface area contributed by atoms with Gasteiger partial charge in [0.1, 0.15) is 5.82 Å². The van der Waals surface area contributed by atoms with Crippen LogP contribution >= 0.6 is 0 Å². The molecule has 1 heterocycles. The van der Waals surface area contributed by atoms with E-state index in [1.54, 1.807) is 0 Å². The van der Waals surface area contributed by atoms with E-state index in [2.05, 4.69) is 41.1 Å². The molecule has 106 valence electrons. The number of carbonyl (C=O) groups is 1. The summed E-state index contributed by atoms with van der Waals surface area (Å²) >= 11 is 0. The monoisotopic (exact) mass is 266 g/mol. The van der Waals surface area contributed by atoms with Gasteiger partial charge in [-0.3, -0.25) is 4.98 Å². The number of anilines is 1. The predicted octanol–water partition coefficient (Wildman–Crippen LogP) is 1.71. The molecule has 19 heavy (non-hydrogen) atoms. The Morgan fingerprint density at radius 2 is 2.16 bits per heavy atom. The first-order valence-corrected chi connectivity index (χ1v) is 6.50. The Hall–Kier alpha value is -1.69. The summed E-state index contributed by atoms with van der Waals surface area (Å²) in [5.41, 5.74) is -0.0375. The van der Waals surface area contributed by atoms with Gasteiger partial charge < -0.3 is 15.3 Å². The van der Waals surface area contributed by atoms with E-state index in [0.29, 0.717) is 11.9 Å². The largest absolute Gasteiger partial charge is 0.476 e. The Balaban J connectivity index is 2.26. The van der Waals surface area contributed by atoms with Gasteiger partial charge >= 0.3 is 5.97 Å². The Bertz CT molecular complexity index is 409. The molecule has 0 aliphatic heterocycles. The van der Waals surface area contributed by atoms with Crippen molar-refractivity contribution in [2.75, 3.05) is 25.5 Å². The third-order valence-electron chi connectivity index (χ3n) is 2.98. The van der Waals surface area contributed by atoms with Crippen molar-refractivity contribution < 1.29 is 9.90 Å². The van der Waals surface area contributed by atoms with Crippen molar-refractivity contribution in [2.24, 2.45) is 0 Å². The number of hydrogen-bond donors (Lipinski definition) is 2. The summed E-state index contributed by atoms with van der Waals surface area (Å²) in [6.07, 6.45) is 4.88. The first-order valence-electron chi connectivity index (χ1n) is 6.50. The average molecular weight is 266 g/mol. The van der Waals surface area contributed by atoms with Crippen LogP contribution in [-0.2, 0) is 0 Å². The summed E-state index contributed by atoms with van der Waals surface area (Å²) in [7, 11) is 2.11. The van der Waals surface area contributed by atoms with E-state index in [9.17, 15) is 4.79 Å². The smallest absolute Gasteiger partial charge is 0.356 e. The zero-order chi connectivity index (χ0) is 14.3. The van der Waals surface area contributed by atoms with Gasteiger partial charge in [-0.2, -0.15) is 0 Å². The number of hydrogen-bond acceptors (Lipinski definition) is 5. The quantitative estimate of drug-likeness (QED) is 0.697. The Morgan fingerprint density at radius 1 is 1.42 bits per heavy atom. The highest BCUT2D eigenvalue weighted by molar-refractivity contribution is 5.85. The lowest BCUT2D eigenvalue weighted by molar-refractivity contribution is 0.0690. The molecule has 0 aliphatic carbocycles. The first-order chi connectivity index (χ1) is 9.00. The first kappa shape index (κ1) is 15.4. The van der Waals surface area contributed by atoms with Crippen LogP contribution < -0.4 is 5.32 Å². The summed E-state index contributed by atoms with van der Waals surface area (Å²) in [4.78, 5) is 20.8. The summed E-state index contributed by atoms with van der Waals surface area (Å²) in [6.45, 7) is 6.17. The van der Waals surface area contributed by atoms with Crippen LogP contribution in [0.15, 0.2) is 12.4 Å². The molecule has 1 aromatic heterocycles. The maximum absolute atomic E-state index is 10.7. The van der Waals surface area contributed by atoms with E-state index in [0.717, 1.165) is 25.9 Å². The Kier molecular flexibility index (Phi) is 6.21. The number of nitrogens with zero attached hydrogens (tertiary/aromatic N) is 3. The molecule has 0 unspecified atom stereocenters. The van der Waals surface area contributed by atoms with Crippen LogP contribution in [0.3, 0.4) is 0 Å². The van der Waals surface area contributed by atoms with Gasteiger partial charge in [-0.05, 0) is 40.3 Å². The summed E-state index contributed by atoms with van der Waals surface area (Å²) < 4.78 is 0. The van der Waals surface area contributed by atoms with Gasteiger partial charge in [-0.15, -0.1) is 0 Å². The van der Waals surface area contributed by atoms with Crippen LogP contribution in [0.4, 0.5) is 5.82 Å². The molecule has 0 spiro atoms. The van der Waals surface area contributed by atoms with E-state index in [1.165, 1.54) is 12.4 Å². The van der Waals surface area contributed by atoms with Gasteiger partial charge in [-0.1, -0.05) is 0 Å². The van der Waals surface area contributed by atoms with Gasteiger partial charge in [0, 0.05) is 12.6 Å². The minimum absolute atomic E-state index is 0.0375. The van der Waals surface area contributed by atoms with Crippen molar-refractivity contribution in [3.63, 3.8) is 0 Å². The molecule has 6 nitrogen and oxygen atoms in total. The molecular formula is C13H22N4O2. The molecule has 0 radical (unpaired) electrons. The van der Waals surface area contributed by atoms with Crippen molar-refractivity contribution in [2.45, 2.75) is 32.7 Å². The van der Waals surface area contributed by atoms with Crippen molar-refractivity contribution in [1.82, 2.24) is 14.9 Å². The highest BCUT2D eigenvalue weighted by atomic mass is 16.4. The molecule has 0 aliphatic rings. The topological polar surface area (TPSA) is 78.4 Å². The second-order valence-electron chi connectivity index (χ2n) is 4.80. The highest BCUT2D eigenvalue weighted by Gasteiger charge is 2.06. The van der Waals surface area contributed by atoms with Gasteiger partial charge in [0.05, 0.1) is 12.4 Å². The van der Waals surface area contributed by atoms with E-state index < -0.39 is 5.97 Å². The Morgan fingerprint density at radius 3 is 2.79 bits per heavy atom. The minimum atomic E-state index is -1.06. The predicted molar refractivity (Wildman–Crippen MR) is 74.5 cm³/mol. The standard InChI is InChI=1S/C13H22N4O2/c1-10(2)17(3)7-5-4-6-15-12-9-14-8-11(16-12)13(18)19/h8-10H,4-7H2,1-3H3,(H,15,16)(H,18,19). The number of carboxylic acids is 1. The molecule has 0 aromatic carbocycles. The SMILES string of the molecule is CC(C)N(C)CCCCNc1cncc(C(=O)O)n1. The fourth-order valence-corrected chi connectivity index (χ4v) is 1.52. The molecule has 0 saturated carbocycles. The van der Waals surface area contributed by atoms with Crippen molar-refractivity contribution in [3.05, 3.63) is 18.1 Å². The van der Waals surface area contributed by atoms with E-state index in [4.69, 9.17) is 5.11 Å². The number of aromatic nitrogens is 2. The second-order valence-corrected chi connectivity index (χ2v) is 4.80. The summed E-state index contributed by atoms with van der Waals surface area (Å²) in [6, 6.07) is 0.561. The molecule has 6 heteroatoms. The van der Waals surface area contributed by atoms with E-state index in [-0.39, 0.29) is 5.69 Å². The lowest BCUT2D eigenvalue weighted by atomic mass is 10.2. The van der Waals surface area contributed by atoms with Crippen LogP contribution in [0.2, 0.25) is 0 Å². The van der Waals surface area contributed by atoms with Crippen LogP contribution in [-0.4, -0.2) is 52.1 Å². The van der Waals surface area contributed by atoms with Crippen LogP contribution in [0.25, 0.3) is 0 Å². The summed E-state index contributed by atoms with van der Waals surface area (Å²) in [5.74, 6) is -0.549. The second kappa shape index (κ2) is 7.68. The van der Waals surface area contributed by atoms with E-state index in [1.807, 2.05) is 0 Å². The minimum Gasteiger partial charge on any atom is -0.476 e. The van der Waals surface area contributed by atoms with Crippen LogP contribution in [0.1, 0.15) is 37.2 Å². The third kappa shape index (κ3) is 5.65. The average Bonchev–Trinajstić information content (AvgIpc) is 2.38. The molecular weight excluding hydrogens is 244 g/mol. The van der Waals surface area contributed by atoms with E-state index >= 15 is 0 Å². The molecule has 0 amide bonds. The Labute approximate surface area is 113 Å². The van der Waals surface area contributed by atoms with Crippen LogP contribution in [0.5, 0.6) is 0 Å². The number of unbranched alkanes of at least 4 members (excludes halogenated alkanes) is 1.